The summed E-state index contributed by atoms with van der Waals surface area (Å²) in [6, 6.07) is 8.10. The summed E-state index contributed by atoms with van der Waals surface area (Å²) in [6.45, 7) is 1.81. The van der Waals surface area contributed by atoms with Gasteiger partial charge in [0.1, 0.15) is 23.3 Å². The number of nitrogen functional groups attached to an aromatic ring is 1. The fourth-order valence-corrected chi connectivity index (χ4v) is 3.03. The molecule has 1 aliphatic carbocycles. The van der Waals surface area contributed by atoms with Crippen LogP contribution < -0.4 is 5.73 Å². The topological polar surface area (TPSA) is 60.4 Å². The summed E-state index contributed by atoms with van der Waals surface area (Å²) >= 11 is 0. The Labute approximate surface area is 136 Å². The monoisotopic (exact) mass is 327 g/mol. The molecule has 0 saturated heterocycles. The number of pyridine rings is 1. The molecule has 4 rings (SSSR count). The second-order valence-electron chi connectivity index (χ2n) is 6.17. The Hall–Kier alpha value is -2.76. The molecule has 122 valence electrons. The van der Waals surface area contributed by atoms with E-state index in [4.69, 9.17) is 5.73 Å². The second-order valence-corrected chi connectivity index (χ2v) is 6.17. The van der Waals surface area contributed by atoms with E-state index in [1.165, 1.54) is 12.1 Å². The summed E-state index contributed by atoms with van der Waals surface area (Å²) < 4.78 is 28.2. The summed E-state index contributed by atoms with van der Waals surface area (Å²) in [5.41, 5.74) is 9.05. The number of ketones is 1. The van der Waals surface area contributed by atoms with Gasteiger partial charge in [0.2, 0.25) is 0 Å². The zero-order chi connectivity index (χ0) is 17.0. The van der Waals surface area contributed by atoms with E-state index in [9.17, 15) is 13.6 Å². The van der Waals surface area contributed by atoms with Gasteiger partial charge in [-0.25, -0.2) is 13.8 Å². The lowest BCUT2D eigenvalue weighted by molar-refractivity contribution is 0.0952. The van der Waals surface area contributed by atoms with Gasteiger partial charge in [0.25, 0.3) is 0 Å². The highest BCUT2D eigenvalue weighted by atomic mass is 19.1. The lowest BCUT2D eigenvalue weighted by Gasteiger charge is -2.08. The maximum absolute atomic E-state index is 13.3. The van der Waals surface area contributed by atoms with Crippen molar-refractivity contribution in [2.24, 2.45) is 5.92 Å². The van der Waals surface area contributed by atoms with Gasteiger partial charge in [-0.2, -0.15) is 0 Å². The van der Waals surface area contributed by atoms with Crippen molar-refractivity contribution in [1.29, 1.82) is 0 Å². The molecule has 0 radical (unpaired) electrons. The molecule has 2 atom stereocenters. The first-order chi connectivity index (χ1) is 11.5. The number of carbonyl (C=O) groups excluding carboxylic acids is 1. The Kier molecular flexibility index (Phi) is 3.16. The standard InChI is InChI=1S/C18H15F2N3O/c1-9-6-11(19)3-4-12(9)10-2-5-15-22-18(21)16(23(15)8-10)17(24)13-7-14(13)20/h2-6,8,13-14H,7,21H2,1H3/t13-,14+/m1/s1. The molecule has 1 aromatic carbocycles. The molecule has 0 amide bonds. The highest BCUT2D eigenvalue weighted by Crippen LogP contribution is 2.38. The lowest BCUT2D eigenvalue weighted by Crippen LogP contribution is -2.10. The zero-order valence-corrected chi connectivity index (χ0v) is 13.0. The first-order valence-corrected chi connectivity index (χ1v) is 7.68. The van der Waals surface area contributed by atoms with Crippen LogP contribution in [0, 0.1) is 18.7 Å². The number of hydrogen-bond acceptors (Lipinski definition) is 3. The van der Waals surface area contributed by atoms with Gasteiger partial charge in [0.05, 0.1) is 5.92 Å². The predicted molar refractivity (Wildman–Crippen MR) is 87.1 cm³/mol. The van der Waals surface area contributed by atoms with Crippen molar-refractivity contribution in [3.05, 3.63) is 53.6 Å². The van der Waals surface area contributed by atoms with Gasteiger partial charge in [-0.3, -0.25) is 9.20 Å². The molecule has 4 nitrogen and oxygen atoms in total. The minimum Gasteiger partial charge on any atom is -0.382 e. The maximum Gasteiger partial charge on any atom is 0.189 e. The first kappa shape index (κ1) is 14.8. The number of halogens is 2. The van der Waals surface area contributed by atoms with Gasteiger partial charge in [0, 0.05) is 6.20 Å². The summed E-state index contributed by atoms with van der Waals surface area (Å²) in [7, 11) is 0. The van der Waals surface area contributed by atoms with Gasteiger partial charge in [-0.05, 0) is 54.3 Å². The van der Waals surface area contributed by atoms with E-state index in [-0.39, 0.29) is 29.5 Å². The fourth-order valence-electron chi connectivity index (χ4n) is 3.03. The van der Waals surface area contributed by atoms with Crippen LogP contribution in [0.15, 0.2) is 36.5 Å². The van der Waals surface area contributed by atoms with Crippen molar-refractivity contribution in [1.82, 2.24) is 9.38 Å². The molecule has 0 aliphatic heterocycles. The zero-order valence-electron chi connectivity index (χ0n) is 13.0. The number of aromatic nitrogens is 2. The Bertz CT molecular complexity index is 980. The van der Waals surface area contributed by atoms with Crippen molar-refractivity contribution >= 4 is 17.2 Å². The van der Waals surface area contributed by atoms with Crippen LogP contribution in [0.3, 0.4) is 0 Å². The molecule has 0 unspecified atom stereocenters. The number of hydrogen-bond donors (Lipinski definition) is 1. The van der Waals surface area contributed by atoms with E-state index in [0.29, 0.717) is 5.65 Å². The Morgan fingerprint density at radius 1 is 1.33 bits per heavy atom. The maximum atomic E-state index is 13.3. The summed E-state index contributed by atoms with van der Waals surface area (Å²) in [5.74, 6) is -1.14. The number of nitrogens with two attached hydrogens (primary N) is 1. The molecule has 1 saturated carbocycles. The molecule has 0 spiro atoms. The average molecular weight is 327 g/mol. The van der Waals surface area contributed by atoms with E-state index >= 15 is 0 Å². The lowest BCUT2D eigenvalue weighted by atomic mass is 10.0. The molecule has 1 fully saturated rings. The van der Waals surface area contributed by atoms with Crippen LogP contribution in [0.2, 0.25) is 0 Å². The van der Waals surface area contributed by atoms with Crippen molar-refractivity contribution in [2.75, 3.05) is 5.73 Å². The SMILES string of the molecule is Cc1cc(F)ccc1-c1ccc2nc(N)c(C(=O)[C@@H]3C[C@@H]3F)n2c1. The molecule has 6 heteroatoms. The quantitative estimate of drug-likeness (QED) is 0.748. The highest BCUT2D eigenvalue weighted by molar-refractivity contribution is 6.03. The number of Topliss-reactive ketones (excluding diaryl/α,β-unsaturated/α-hetero) is 1. The summed E-state index contributed by atoms with van der Waals surface area (Å²) in [5, 5.41) is 0. The van der Waals surface area contributed by atoms with Crippen molar-refractivity contribution in [3.63, 3.8) is 0 Å². The van der Waals surface area contributed by atoms with E-state index in [2.05, 4.69) is 4.98 Å². The van der Waals surface area contributed by atoms with Gasteiger partial charge < -0.3 is 5.73 Å². The Balaban J connectivity index is 1.86. The largest absolute Gasteiger partial charge is 0.382 e. The van der Waals surface area contributed by atoms with Crippen molar-refractivity contribution < 1.29 is 13.6 Å². The van der Waals surface area contributed by atoms with Gasteiger partial charge in [-0.15, -0.1) is 0 Å². The Morgan fingerprint density at radius 3 is 2.75 bits per heavy atom. The van der Waals surface area contributed by atoms with E-state index in [1.54, 1.807) is 22.7 Å². The van der Waals surface area contributed by atoms with Gasteiger partial charge in [0.15, 0.2) is 11.6 Å². The van der Waals surface area contributed by atoms with E-state index in [0.717, 1.165) is 16.7 Å². The van der Waals surface area contributed by atoms with Crippen LogP contribution >= 0.6 is 0 Å². The normalized spacial score (nSPS) is 19.6. The number of carbonyl (C=O) groups is 1. The van der Waals surface area contributed by atoms with Crippen LogP contribution in [-0.4, -0.2) is 21.3 Å². The number of rotatable bonds is 3. The highest BCUT2D eigenvalue weighted by Gasteiger charge is 2.45. The van der Waals surface area contributed by atoms with E-state index < -0.39 is 12.1 Å². The van der Waals surface area contributed by atoms with Crippen LogP contribution in [0.4, 0.5) is 14.6 Å². The molecule has 24 heavy (non-hydrogen) atoms. The number of anilines is 1. The molecule has 2 aromatic heterocycles. The predicted octanol–water partition coefficient (Wildman–Crippen LogP) is 3.57. The molecular formula is C18H15F2N3O. The molecule has 1 aliphatic rings. The molecule has 2 N–H and O–H groups in total. The van der Waals surface area contributed by atoms with Gasteiger partial charge in [-0.1, -0.05) is 6.07 Å². The third-order valence-corrected chi connectivity index (χ3v) is 4.43. The van der Waals surface area contributed by atoms with Crippen LogP contribution in [0.1, 0.15) is 22.5 Å². The van der Waals surface area contributed by atoms with Gasteiger partial charge >= 0.3 is 0 Å². The van der Waals surface area contributed by atoms with Crippen molar-refractivity contribution in [2.45, 2.75) is 19.5 Å². The minimum atomic E-state index is -1.09. The van der Waals surface area contributed by atoms with Crippen molar-refractivity contribution in [3.8, 4) is 11.1 Å². The number of nitrogens with zero attached hydrogens (tertiary/aromatic N) is 2. The number of fused-ring (bicyclic) bond motifs is 1. The number of imidazole rings is 1. The number of aryl methyl sites for hydroxylation is 1. The number of alkyl halides is 1. The number of benzene rings is 1. The minimum absolute atomic E-state index is 0.104. The Morgan fingerprint density at radius 2 is 2.08 bits per heavy atom. The third kappa shape index (κ3) is 2.26. The summed E-state index contributed by atoms with van der Waals surface area (Å²) in [6.07, 6.45) is 0.884. The average Bonchev–Trinajstić information content (AvgIpc) is 3.16. The third-order valence-electron chi connectivity index (χ3n) is 4.43. The second kappa shape index (κ2) is 5.12. The molecule has 2 heterocycles. The first-order valence-electron chi connectivity index (χ1n) is 7.68. The van der Waals surface area contributed by atoms with Crippen LogP contribution in [0.5, 0.6) is 0 Å². The van der Waals surface area contributed by atoms with E-state index in [1.807, 2.05) is 13.0 Å². The molecule has 3 aromatic rings. The summed E-state index contributed by atoms with van der Waals surface area (Å²) in [4.78, 5) is 16.6. The molecule has 0 bridgehead atoms. The fraction of sp³-hybridized carbons (Fsp3) is 0.222. The van der Waals surface area contributed by atoms with Crippen LogP contribution in [0.25, 0.3) is 16.8 Å². The van der Waals surface area contributed by atoms with Crippen LogP contribution in [-0.2, 0) is 0 Å². The smallest absolute Gasteiger partial charge is 0.189 e. The molecular weight excluding hydrogens is 312 g/mol.